The second-order valence-electron chi connectivity index (χ2n) is 4.09. The molecule has 1 nitrogen and oxygen atoms in total. The van der Waals surface area contributed by atoms with Crippen LogP contribution in [0.3, 0.4) is 0 Å². The highest BCUT2D eigenvalue weighted by Gasteiger charge is 2.05. The van der Waals surface area contributed by atoms with Gasteiger partial charge in [0.05, 0.1) is 0 Å². The van der Waals surface area contributed by atoms with Gasteiger partial charge in [-0.15, -0.1) is 12.4 Å². The highest BCUT2D eigenvalue weighted by Crippen LogP contribution is 2.19. The summed E-state index contributed by atoms with van der Waals surface area (Å²) in [6.07, 6.45) is 3.53. The molecule has 0 aliphatic rings. The van der Waals surface area contributed by atoms with Gasteiger partial charge in [0.2, 0.25) is 0 Å². The van der Waals surface area contributed by atoms with Crippen LogP contribution >= 0.6 is 12.4 Å². The molecule has 0 unspecified atom stereocenters. The van der Waals surface area contributed by atoms with Crippen LogP contribution in [0.25, 0.3) is 0 Å². The van der Waals surface area contributed by atoms with Crippen molar-refractivity contribution in [1.29, 1.82) is 0 Å². The summed E-state index contributed by atoms with van der Waals surface area (Å²) in [5.74, 6) is 0. The zero-order valence-corrected chi connectivity index (χ0v) is 10.7. The van der Waals surface area contributed by atoms with E-state index in [1.54, 1.807) is 0 Å². The quantitative estimate of drug-likeness (QED) is 0.829. The van der Waals surface area contributed by atoms with E-state index in [4.69, 9.17) is 5.73 Å². The SMILES string of the molecule is CCCC[C@@H](N)c1ccc(C)c(C)c1.Cl. The zero-order chi connectivity index (χ0) is 10.6. The molecule has 2 N–H and O–H groups in total. The molecule has 0 bridgehead atoms. The van der Waals surface area contributed by atoms with Crippen molar-refractivity contribution < 1.29 is 0 Å². The fraction of sp³-hybridized carbons (Fsp3) is 0.538. The fourth-order valence-corrected chi connectivity index (χ4v) is 1.59. The van der Waals surface area contributed by atoms with Crippen LogP contribution in [0, 0.1) is 13.8 Å². The summed E-state index contributed by atoms with van der Waals surface area (Å²) in [4.78, 5) is 0. The van der Waals surface area contributed by atoms with Crippen molar-refractivity contribution in [1.82, 2.24) is 0 Å². The second kappa shape index (κ2) is 6.86. The van der Waals surface area contributed by atoms with Crippen LogP contribution in [0.5, 0.6) is 0 Å². The van der Waals surface area contributed by atoms with Crippen molar-refractivity contribution in [3.63, 3.8) is 0 Å². The molecule has 0 aliphatic carbocycles. The number of hydrogen-bond donors (Lipinski definition) is 1. The highest BCUT2D eigenvalue weighted by atomic mass is 35.5. The first-order chi connectivity index (χ1) is 6.65. The van der Waals surface area contributed by atoms with E-state index in [0.29, 0.717) is 0 Å². The summed E-state index contributed by atoms with van der Waals surface area (Å²) >= 11 is 0. The van der Waals surface area contributed by atoms with Crippen LogP contribution in [0.1, 0.15) is 48.9 Å². The standard InChI is InChI=1S/C13H21N.ClH/c1-4-5-6-13(14)12-8-7-10(2)11(3)9-12;/h7-9,13H,4-6,14H2,1-3H3;1H/t13-;/m1./s1. The summed E-state index contributed by atoms with van der Waals surface area (Å²) in [7, 11) is 0. The number of benzene rings is 1. The summed E-state index contributed by atoms with van der Waals surface area (Å²) in [6.45, 7) is 6.48. The minimum atomic E-state index is 0. The van der Waals surface area contributed by atoms with Crippen LogP contribution in [0.4, 0.5) is 0 Å². The molecule has 0 fully saturated rings. The molecular formula is C13H22ClN. The van der Waals surface area contributed by atoms with Gasteiger partial charge in [0, 0.05) is 6.04 Å². The maximum atomic E-state index is 6.10. The maximum Gasteiger partial charge on any atom is 0.0294 e. The Hall–Kier alpha value is -0.530. The smallest absolute Gasteiger partial charge is 0.0294 e. The Balaban J connectivity index is 0.00000196. The lowest BCUT2D eigenvalue weighted by Crippen LogP contribution is -2.10. The van der Waals surface area contributed by atoms with Crippen LogP contribution in [-0.4, -0.2) is 0 Å². The minimum absolute atomic E-state index is 0. The second-order valence-corrected chi connectivity index (χ2v) is 4.09. The van der Waals surface area contributed by atoms with E-state index in [9.17, 15) is 0 Å². The van der Waals surface area contributed by atoms with E-state index in [0.717, 1.165) is 6.42 Å². The van der Waals surface area contributed by atoms with E-state index < -0.39 is 0 Å². The number of aryl methyl sites for hydroxylation is 2. The average molecular weight is 228 g/mol. The van der Waals surface area contributed by atoms with Crippen molar-refractivity contribution >= 4 is 12.4 Å². The maximum absolute atomic E-state index is 6.10. The fourth-order valence-electron chi connectivity index (χ4n) is 1.59. The Morgan fingerprint density at radius 2 is 1.87 bits per heavy atom. The molecule has 0 aromatic heterocycles. The van der Waals surface area contributed by atoms with E-state index in [2.05, 4.69) is 39.0 Å². The monoisotopic (exact) mass is 227 g/mol. The third-order valence-electron chi connectivity index (χ3n) is 2.83. The lowest BCUT2D eigenvalue weighted by molar-refractivity contribution is 0.603. The van der Waals surface area contributed by atoms with Gasteiger partial charge in [-0.2, -0.15) is 0 Å². The topological polar surface area (TPSA) is 26.0 Å². The minimum Gasteiger partial charge on any atom is -0.324 e. The highest BCUT2D eigenvalue weighted by molar-refractivity contribution is 5.85. The first-order valence-electron chi connectivity index (χ1n) is 5.48. The largest absolute Gasteiger partial charge is 0.324 e. The predicted octanol–water partition coefficient (Wildman–Crippen LogP) is 3.92. The number of rotatable bonds is 4. The lowest BCUT2D eigenvalue weighted by Gasteiger charge is -2.13. The Kier molecular flexibility index (Phi) is 6.62. The van der Waals surface area contributed by atoms with Crippen LogP contribution in [-0.2, 0) is 0 Å². The molecule has 2 heteroatoms. The molecule has 1 aromatic carbocycles. The predicted molar refractivity (Wildman–Crippen MR) is 69.6 cm³/mol. The molecule has 0 heterocycles. The summed E-state index contributed by atoms with van der Waals surface area (Å²) in [5, 5.41) is 0. The van der Waals surface area contributed by atoms with Gasteiger partial charge in [0.15, 0.2) is 0 Å². The average Bonchev–Trinajstić information content (AvgIpc) is 2.18. The van der Waals surface area contributed by atoms with Gasteiger partial charge in [-0.25, -0.2) is 0 Å². The van der Waals surface area contributed by atoms with Gasteiger partial charge in [-0.1, -0.05) is 38.0 Å². The van der Waals surface area contributed by atoms with E-state index in [1.165, 1.54) is 29.5 Å². The summed E-state index contributed by atoms with van der Waals surface area (Å²) in [5.41, 5.74) is 10.1. The molecule has 1 atom stereocenters. The molecule has 15 heavy (non-hydrogen) atoms. The Morgan fingerprint density at radius 3 is 2.40 bits per heavy atom. The van der Waals surface area contributed by atoms with Gasteiger partial charge in [0.25, 0.3) is 0 Å². The number of unbranched alkanes of at least 4 members (excludes halogenated alkanes) is 1. The molecule has 0 saturated heterocycles. The van der Waals surface area contributed by atoms with Crippen molar-refractivity contribution in [3.8, 4) is 0 Å². The third kappa shape index (κ3) is 4.23. The van der Waals surface area contributed by atoms with Crippen LogP contribution < -0.4 is 5.73 Å². The molecule has 0 aliphatic heterocycles. The molecular weight excluding hydrogens is 206 g/mol. The lowest BCUT2D eigenvalue weighted by atomic mass is 9.98. The molecule has 0 radical (unpaired) electrons. The number of hydrogen-bond acceptors (Lipinski definition) is 1. The summed E-state index contributed by atoms with van der Waals surface area (Å²) < 4.78 is 0. The molecule has 1 aromatic rings. The Bertz CT molecular complexity index is 297. The molecule has 0 saturated carbocycles. The molecule has 86 valence electrons. The van der Waals surface area contributed by atoms with Gasteiger partial charge < -0.3 is 5.73 Å². The van der Waals surface area contributed by atoms with E-state index in [1.807, 2.05) is 0 Å². The van der Waals surface area contributed by atoms with Crippen LogP contribution in [0.15, 0.2) is 18.2 Å². The van der Waals surface area contributed by atoms with Crippen molar-refractivity contribution in [2.75, 3.05) is 0 Å². The van der Waals surface area contributed by atoms with Crippen molar-refractivity contribution in [2.24, 2.45) is 5.73 Å². The van der Waals surface area contributed by atoms with Gasteiger partial charge in [-0.05, 0) is 37.0 Å². The number of nitrogens with two attached hydrogens (primary N) is 1. The molecule has 0 amide bonds. The van der Waals surface area contributed by atoms with Gasteiger partial charge >= 0.3 is 0 Å². The van der Waals surface area contributed by atoms with Gasteiger partial charge in [0.1, 0.15) is 0 Å². The summed E-state index contributed by atoms with van der Waals surface area (Å²) in [6, 6.07) is 6.75. The first-order valence-corrected chi connectivity index (χ1v) is 5.48. The number of halogens is 1. The first kappa shape index (κ1) is 14.5. The zero-order valence-electron chi connectivity index (χ0n) is 9.92. The molecule has 1 rings (SSSR count). The molecule has 0 spiro atoms. The van der Waals surface area contributed by atoms with Gasteiger partial charge in [-0.3, -0.25) is 0 Å². The third-order valence-corrected chi connectivity index (χ3v) is 2.83. The van der Waals surface area contributed by atoms with Crippen molar-refractivity contribution in [3.05, 3.63) is 34.9 Å². The van der Waals surface area contributed by atoms with E-state index in [-0.39, 0.29) is 18.4 Å². The van der Waals surface area contributed by atoms with Crippen molar-refractivity contribution in [2.45, 2.75) is 46.1 Å². The normalized spacial score (nSPS) is 12.0. The Morgan fingerprint density at radius 1 is 1.20 bits per heavy atom. The van der Waals surface area contributed by atoms with Crippen LogP contribution in [0.2, 0.25) is 0 Å². The Labute approximate surface area is 99.5 Å². The van der Waals surface area contributed by atoms with E-state index >= 15 is 0 Å².